The number of likely N-dealkylation sites (tertiary alicyclic amines) is 1. The maximum Gasteiger partial charge on any atom is 0.411 e. The lowest BCUT2D eigenvalue weighted by molar-refractivity contribution is -0.174. The molecule has 1 aliphatic rings. The van der Waals surface area contributed by atoms with Crippen LogP contribution in [-0.2, 0) is 11.3 Å². The summed E-state index contributed by atoms with van der Waals surface area (Å²) in [6.45, 7) is 2.24. The van der Waals surface area contributed by atoms with Gasteiger partial charge >= 0.3 is 6.18 Å². The predicted octanol–water partition coefficient (Wildman–Crippen LogP) is 8.02. The summed E-state index contributed by atoms with van der Waals surface area (Å²) in [4.78, 5) is 56.1. The monoisotopic (exact) mass is 838 g/mol. The molecule has 320 valence electrons. The molecule has 6 aromatic rings. The average molecular weight is 839 g/mol. The minimum absolute atomic E-state index is 0.0305. The highest BCUT2D eigenvalue weighted by atomic mass is 19.4. The molecule has 3 heterocycles. The second-order valence-electron chi connectivity index (χ2n) is 15.2. The van der Waals surface area contributed by atoms with Crippen LogP contribution in [0.1, 0.15) is 81.2 Å². The number of nitrogens with zero attached hydrogens (tertiary/aromatic N) is 4. The molecule has 1 fully saturated rings. The number of ether oxygens (including phenoxy) is 3. The third-order valence-electron chi connectivity index (χ3n) is 11.4. The van der Waals surface area contributed by atoms with E-state index in [4.69, 9.17) is 14.2 Å². The number of Topliss-reactive ketones (excluding diaryl/α,β-unsaturated/α-hetero) is 1. The highest BCUT2D eigenvalue weighted by molar-refractivity contribution is 6.15. The van der Waals surface area contributed by atoms with Crippen molar-refractivity contribution in [2.45, 2.75) is 57.3 Å². The van der Waals surface area contributed by atoms with E-state index in [9.17, 15) is 27.6 Å². The Labute approximate surface area is 351 Å². The number of amides is 1. The number of rotatable bonds is 18. The molecule has 1 saturated heterocycles. The van der Waals surface area contributed by atoms with Crippen LogP contribution >= 0.6 is 0 Å². The number of piperidine rings is 1. The number of aromatic nitrogens is 4. The second-order valence-corrected chi connectivity index (χ2v) is 15.2. The second kappa shape index (κ2) is 19.1. The zero-order valence-corrected chi connectivity index (χ0v) is 34.3. The number of hydrogen-bond donors (Lipinski definition) is 2. The third kappa shape index (κ3) is 9.95. The predicted molar refractivity (Wildman–Crippen MR) is 225 cm³/mol. The molecular formula is C46H49F3N6O6. The van der Waals surface area contributed by atoms with Gasteiger partial charge in [0, 0.05) is 36.5 Å². The smallest absolute Gasteiger partial charge is 0.411 e. The molecule has 7 rings (SSSR count). The van der Waals surface area contributed by atoms with Crippen molar-refractivity contribution in [3.8, 4) is 11.5 Å². The number of carbonyl (C=O) groups excluding carboxylic acids is 3. The van der Waals surface area contributed by atoms with Gasteiger partial charge in [-0.3, -0.25) is 14.4 Å². The molecule has 1 aliphatic heterocycles. The number of carbonyl (C=O) groups is 3. The minimum Gasteiger partial charge on any atom is -0.493 e. The standard InChI is InChI=1S/C46H49F3N6O6/c1-4-33(25-32(27-50-45(58)30-11-6-5-7-12-30)31-17-18-38(59-2)39(26-31)60-3)54-21-19-29(20-22-54)41(56)43-51-36-15-10-13-34(40(36)53-43)42(57)44-52-35-14-8-9-16-37(35)55(44)23-24-61-28-46(47,48)49/h5-18,26,29,32-33H,4,19-25,27-28H2,1-3H3,(H,50,58)(H,51,53). The van der Waals surface area contributed by atoms with Gasteiger partial charge in [0.1, 0.15) is 12.1 Å². The normalized spacial score (nSPS) is 14.9. The lowest BCUT2D eigenvalue weighted by Crippen LogP contribution is -2.44. The Kier molecular flexibility index (Phi) is 13.5. The topological polar surface area (TPSA) is 141 Å². The van der Waals surface area contributed by atoms with Crippen molar-refractivity contribution < 1.29 is 41.8 Å². The minimum atomic E-state index is -4.48. The summed E-state index contributed by atoms with van der Waals surface area (Å²) in [5.74, 6) is 0.344. The Morgan fingerprint density at radius 1 is 0.902 bits per heavy atom. The number of aromatic amines is 1. The number of para-hydroxylation sites is 3. The van der Waals surface area contributed by atoms with Gasteiger partial charge in [-0.2, -0.15) is 13.2 Å². The molecule has 2 atom stereocenters. The van der Waals surface area contributed by atoms with Crippen LogP contribution in [0.25, 0.3) is 22.1 Å². The summed E-state index contributed by atoms with van der Waals surface area (Å²) in [5.41, 5.74) is 3.73. The van der Waals surface area contributed by atoms with E-state index < -0.39 is 18.6 Å². The van der Waals surface area contributed by atoms with Gasteiger partial charge in [0.25, 0.3) is 5.91 Å². The van der Waals surface area contributed by atoms with Crippen molar-refractivity contribution >= 4 is 39.5 Å². The van der Waals surface area contributed by atoms with E-state index in [-0.39, 0.29) is 59.9 Å². The molecular weight excluding hydrogens is 790 g/mol. The molecule has 2 aromatic heterocycles. The Hall–Kier alpha value is -6.06. The van der Waals surface area contributed by atoms with E-state index in [0.29, 0.717) is 71.6 Å². The molecule has 12 nitrogen and oxygen atoms in total. The number of benzene rings is 4. The first-order chi connectivity index (χ1) is 29.5. The fraction of sp³-hybridized carbons (Fsp3) is 0.370. The van der Waals surface area contributed by atoms with E-state index in [1.165, 1.54) is 0 Å². The van der Waals surface area contributed by atoms with E-state index in [2.05, 4.69) is 32.1 Å². The first kappa shape index (κ1) is 43.0. The Bertz CT molecular complexity index is 2480. The summed E-state index contributed by atoms with van der Waals surface area (Å²) in [6, 6.07) is 27.2. The van der Waals surface area contributed by atoms with Crippen LogP contribution in [0.2, 0.25) is 0 Å². The first-order valence-electron chi connectivity index (χ1n) is 20.4. The van der Waals surface area contributed by atoms with Crippen LogP contribution in [0, 0.1) is 5.92 Å². The van der Waals surface area contributed by atoms with Gasteiger partial charge in [-0.15, -0.1) is 0 Å². The largest absolute Gasteiger partial charge is 0.493 e. The number of methoxy groups -OCH3 is 2. The molecule has 4 aromatic carbocycles. The first-order valence-corrected chi connectivity index (χ1v) is 20.4. The number of ketones is 2. The Morgan fingerprint density at radius 2 is 1.64 bits per heavy atom. The summed E-state index contributed by atoms with van der Waals surface area (Å²) in [7, 11) is 3.20. The molecule has 0 bridgehead atoms. The fourth-order valence-corrected chi connectivity index (χ4v) is 8.25. The molecule has 2 N–H and O–H groups in total. The van der Waals surface area contributed by atoms with Crippen molar-refractivity contribution in [3.05, 3.63) is 119 Å². The maximum absolute atomic E-state index is 14.1. The quantitative estimate of drug-likeness (QED) is 0.0651. The number of imidazole rings is 2. The third-order valence-corrected chi connectivity index (χ3v) is 11.4. The van der Waals surface area contributed by atoms with Gasteiger partial charge in [0.2, 0.25) is 11.6 Å². The fourth-order valence-electron chi connectivity index (χ4n) is 8.25. The van der Waals surface area contributed by atoms with Crippen LogP contribution in [0.3, 0.4) is 0 Å². The van der Waals surface area contributed by atoms with Gasteiger partial charge in [-0.25, -0.2) is 9.97 Å². The van der Waals surface area contributed by atoms with E-state index >= 15 is 0 Å². The van der Waals surface area contributed by atoms with Gasteiger partial charge in [0.05, 0.1) is 42.9 Å². The summed E-state index contributed by atoms with van der Waals surface area (Å²) in [5, 5.41) is 3.14. The molecule has 0 saturated carbocycles. The number of H-pyrrole nitrogens is 1. The summed E-state index contributed by atoms with van der Waals surface area (Å²) in [6.07, 6.45) is -1.62. The highest BCUT2D eigenvalue weighted by Crippen LogP contribution is 2.35. The maximum atomic E-state index is 14.1. The lowest BCUT2D eigenvalue weighted by Gasteiger charge is -2.38. The Balaban J connectivity index is 1.04. The molecule has 15 heteroatoms. The molecule has 61 heavy (non-hydrogen) atoms. The van der Waals surface area contributed by atoms with Crippen molar-refractivity contribution in [3.63, 3.8) is 0 Å². The molecule has 0 aliphatic carbocycles. The highest BCUT2D eigenvalue weighted by Gasteiger charge is 2.33. The lowest BCUT2D eigenvalue weighted by atomic mass is 9.87. The van der Waals surface area contributed by atoms with Crippen LogP contribution in [-0.4, -0.2) is 101 Å². The van der Waals surface area contributed by atoms with Crippen molar-refractivity contribution in [1.29, 1.82) is 0 Å². The van der Waals surface area contributed by atoms with E-state index in [0.717, 1.165) is 18.4 Å². The number of halogens is 3. The van der Waals surface area contributed by atoms with Crippen LogP contribution in [0.15, 0.2) is 91.0 Å². The van der Waals surface area contributed by atoms with Crippen LogP contribution < -0.4 is 14.8 Å². The van der Waals surface area contributed by atoms with Crippen molar-refractivity contribution in [2.24, 2.45) is 5.92 Å². The van der Waals surface area contributed by atoms with Gasteiger partial charge < -0.3 is 34.0 Å². The van der Waals surface area contributed by atoms with E-state index in [1.54, 1.807) is 73.4 Å². The summed E-state index contributed by atoms with van der Waals surface area (Å²) < 4.78 is 55.8. The number of alkyl halides is 3. The van der Waals surface area contributed by atoms with Crippen LogP contribution in [0.5, 0.6) is 11.5 Å². The molecule has 0 spiro atoms. The number of fused-ring (bicyclic) bond motifs is 2. The van der Waals surface area contributed by atoms with Crippen LogP contribution in [0.4, 0.5) is 13.2 Å². The number of hydrogen-bond acceptors (Lipinski definition) is 9. The van der Waals surface area contributed by atoms with Gasteiger partial charge in [0.15, 0.2) is 23.1 Å². The molecule has 1 amide bonds. The van der Waals surface area contributed by atoms with Crippen molar-refractivity contribution in [1.82, 2.24) is 29.7 Å². The van der Waals surface area contributed by atoms with Crippen molar-refractivity contribution in [2.75, 3.05) is 47.1 Å². The zero-order valence-electron chi connectivity index (χ0n) is 34.3. The molecule has 0 radical (unpaired) electrons. The average Bonchev–Trinajstić information content (AvgIpc) is 3.89. The van der Waals surface area contributed by atoms with E-state index in [1.807, 2.05) is 36.4 Å². The summed E-state index contributed by atoms with van der Waals surface area (Å²) >= 11 is 0. The zero-order chi connectivity index (χ0) is 43.1. The van der Waals surface area contributed by atoms with Gasteiger partial charge in [-0.1, -0.05) is 49.4 Å². The Morgan fingerprint density at radius 3 is 2.36 bits per heavy atom. The molecule has 2 unspecified atom stereocenters. The van der Waals surface area contributed by atoms with Gasteiger partial charge in [-0.05, 0) is 92.9 Å². The SMILES string of the molecule is CCC(CC(CNC(=O)c1ccccc1)c1ccc(OC)c(OC)c1)N1CCC(C(=O)c2nc3c(C(=O)c4nc5ccccc5n4CCOCC(F)(F)F)cccc3[nH]2)CC1. The number of nitrogens with one attached hydrogen (secondary N) is 2.